The van der Waals surface area contributed by atoms with Crippen molar-refractivity contribution in [2.75, 3.05) is 5.32 Å². The van der Waals surface area contributed by atoms with E-state index in [1.807, 2.05) is 0 Å². The summed E-state index contributed by atoms with van der Waals surface area (Å²) in [6.45, 7) is 0. The van der Waals surface area contributed by atoms with Gasteiger partial charge >= 0.3 is 0 Å². The van der Waals surface area contributed by atoms with Crippen molar-refractivity contribution in [2.45, 2.75) is 5.41 Å². The second-order valence-corrected chi connectivity index (χ2v) is 8.61. The molecule has 0 aromatic heterocycles. The first-order valence-electron chi connectivity index (χ1n) is 11.1. The molecular formula is C31H21N. The van der Waals surface area contributed by atoms with Gasteiger partial charge in [-0.1, -0.05) is 109 Å². The van der Waals surface area contributed by atoms with E-state index < -0.39 is 0 Å². The fraction of sp³-hybridized carbons (Fsp3) is 0.0323. The van der Waals surface area contributed by atoms with Gasteiger partial charge in [-0.15, -0.1) is 0 Å². The Morgan fingerprint density at radius 2 is 0.938 bits per heavy atom. The quantitative estimate of drug-likeness (QED) is 0.293. The smallest absolute Gasteiger partial charge is 0.0759 e. The van der Waals surface area contributed by atoms with Gasteiger partial charge in [0.1, 0.15) is 0 Å². The van der Waals surface area contributed by atoms with Crippen molar-refractivity contribution in [3.05, 3.63) is 144 Å². The van der Waals surface area contributed by atoms with Crippen molar-refractivity contribution in [3.63, 3.8) is 0 Å². The van der Waals surface area contributed by atoms with Crippen LogP contribution >= 0.6 is 0 Å². The zero-order valence-electron chi connectivity index (χ0n) is 17.5. The number of nitrogens with one attached hydrogen (secondary N) is 1. The van der Waals surface area contributed by atoms with E-state index in [0.29, 0.717) is 0 Å². The molecule has 1 heteroatoms. The third-order valence-electron chi connectivity index (χ3n) is 7.08. The van der Waals surface area contributed by atoms with Gasteiger partial charge in [0.15, 0.2) is 0 Å². The second-order valence-electron chi connectivity index (χ2n) is 8.61. The Bertz CT molecular complexity index is 1450. The Balaban J connectivity index is 1.72. The van der Waals surface area contributed by atoms with Gasteiger partial charge in [0.25, 0.3) is 0 Å². The van der Waals surface area contributed by atoms with E-state index in [2.05, 4.69) is 127 Å². The van der Waals surface area contributed by atoms with Gasteiger partial charge in [-0.05, 0) is 56.6 Å². The van der Waals surface area contributed by atoms with Crippen LogP contribution < -0.4 is 5.32 Å². The third-order valence-corrected chi connectivity index (χ3v) is 7.08. The molecule has 1 spiro atoms. The molecule has 5 aromatic carbocycles. The van der Waals surface area contributed by atoms with Gasteiger partial charge in [-0.2, -0.15) is 0 Å². The van der Waals surface area contributed by atoms with Crippen LogP contribution in [0.25, 0.3) is 22.3 Å². The van der Waals surface area contributed by atoms with Crippen molar-refractivity contribution in [3.8, 4) is 22.3 Å². The summed E-state index contributed by atoms with van der Waals surface area (Å²) in [6, 6.07) is 44.1. The number of hydrogen-bond acceptors (Lipinski definition) is 1. The number of para-hydroxylation sites is 2. The SMILES string of the molecule is c1ccc(-c2cccc3c2C2(c4ccccc4Nc4ccccc42)c2ccccc2-3)cc1. The van der Waals surface area contributed by atoms with Gasteiger partial charge in [-0.25, -0.2) is 0 Å². The van der Waals surface area contributed by atoms with Gasteiger partial charge in [0.05, 0.1) is 5.41 Å². The van der Waals surface area contributed by atoms with Crippen LogP contribution in [0, 0.1) is 0 Å². The lowest BCUT2D eigenvalue weighted by molar-refractivity contribution is 0.765. The van der Waals surface area contributed by atoms with Crippen molar-refractivity contribution in [1.29, 1.82) is 0 Å². The third kappa shape index (κ3) is 2.13. The number of anilines is 2. The van der Waals surface area contributed by atoms with Crippen LogP contribution in [0.2, 0.25) is 0 Å². The highest BCUT2D eigenvalue weighted by Crippen LogP contribution is 2.62. The zero-order chi connectivity index (χ0) is 21.1. The first-order chi connectivity index (χ1) is 15.9. The van der Waals surface area contributed by atoms with Crippen molar-refractivity contribution >= 4 is 11.4 Å². The fourth-order valence-corrected chi connectivity index (χ4v) is 5.91. The first kappa shape index (κ1) is 17.6. The predicted molar refractivity (Wildman–Crippen MR) is 132 cm³/mol. The Morgan fingerprint density at radius 3 is 1.66 bits per heavy atom. The number of benzene rings is 5. The molecule has 0 unspecified atom stereocenters. The molecule has 0 saturated heterocycles. The van der Waals surface area contributed by atoms with Crippen molar-refractivity contribution in [1.82, 2.24) is 0 Å². The molecule has 0 atom stereocenters. The van der Waals surface area contributed by atoms with E-state index in [1.165, 1.54) is 55.9 Å². The monoisotopic (exact) mass is 407 g/mol. The minimum absolute atomic E-state index is 0.364. The Kier molecular flexibility index (Phi) is 3.54. The molecule has 1 aliphatic heterocycles. The lowest BCUT2D eigenvalue weighted by Gasteiger charge is -2.41. The van der Waals surface area contributed by atoms with E-state index in [4.69, 9.17) is 0 Å². The van der Waals surface area contributed by atoms with Crippen molar-refractivity contribution < 1.29 is 0 Å². The maximum Gasteiger partial charge on any atom is 0.0759 e. The molecule has 0 amide bonds. The van der Waals surface area contributed by atoms with Crippen LogP contribution in [0.5, 0.6) is 0 Å². The van der Waals surface area contributed by atoms with Crippen LogP contribution in [0.15, 0.2) is 121 Å². The van der Waals surface area contributed by atoms with Crippen LogP contribution in [0.1, 0.15) is 22.3 Å². The summed E-state index contributed by atoms with van der Waals surface area (Å²) in [6.07, 6.45) is 0. The molecule has 2 aliphatic rings. The summed E-state index contributed by atoms with van der Waals surface area (Å²) in [5.74, 6) is 0. The lowest BCUT2D eigenvalue weighted by atomic mass is 9.64. The minimum Gasteiger partial charge on any atom is -0.355 e. The Morgan fingerprint density at radius 1 is 0.406 bits per heavy atom. The molecule has 1 heterocycles. The lowest BCUT2D eigenvalue weighted by Crippen LogP contribution is -2.33. The second kappa shape index (κ2) is 6.45. The Labute approximate surface area is 188 Å². The highest BCUT2D eigenvalue weighted by Gasteiger charge is 2.51. The van der Waals surface area contributed by atoms with Gasteiger partial charge in [0, 0.05) is 11.4 Å². The molecule has 7 rings (SSSR count). The highest BCUT2D eigenvalue weighted by atomic mass is 14.9. The molecule has 1 N–H and O–H groups in total. The molecular weight excluding hydrogens is 386 g/mol. The zero-order valence-corrected chi connectivity index (χ0v) is 17.5. The predicted octanol–water partition coefficient (Wildman–Crippen LogP) is 7.77. The van der Waals surface area contributed by atoms with E-state index in [1.54, 1.807) is 0 Å². The minimum atomic E-state index is -0.364. The Hall–Kier alpha value is -4.10. The summed E-state index contributed by atoms with van der Waals surface area (Å²) in [4.78, 5) is 0. The molecule has 0 fully saturated rings. The summed E-state index contributed by atoms with van der Waals surface area (Å²) < 4.78 is 0. The molecule has 1 nitrogen and oxygen atoms in total. The van der Waals surface area contributed by atoms with E-state index in [9.17, 15) is 0 Å². The summed E-state index contributed by atoms with van der Waals surface area (Å²) in [5, 5.41) is 3.71. The van der Waals surface area contributed by atoms with Gasteiger partial charge in [-0.3, -0.25) is 0 Å². The van der Waals surface area contributed by atoms with E-state index in [-0.39, 0.29) is 5.41 Å². The van der Waals surface area contributed by atoms with Crippen LogP contribution in [-0.2, 0) is 5.41 Å². The van der Waals surface area contributed by atoms with Crippen LogP contribution in [0.3, 0.4) is 0 Å². The molecule has 0 radical (unpaired) electrons. The standard InChI is InChI=1S/C31H21N/c1-2-11-21(12-3-1)22-14-10-15-24-23-13-4-5-16-25(23)31(30(22)24)26-17-6-8-19-28(26)32-29-20-9-7-18-27(29)31/h1-20,32H. The summed E-state index contributed by atoms with van der Waals surface area (Å²) in [7, 11) is 0. The van der Waals surface area contributed by atoms with E-state index in [0.717, 1.165) is 0 Å². The van der Waals surface area contributed by atoms with Crippen molar-refractivity contribution in [2.24, 2.45) is 0 Å². The van der Waals surface area contributed by atoms with Gasteiger partial charge in [0.2, 0.25) is 0 Å². The molecule has 0 bridgehead atoms. The summed E-state index contributed by atoms with van der Waals surface area (Å²) in [5.41, 5.74) is 12.6. The van der Waals surface area contributed by atoms with E-state index >= 15 is 0 Å². The maximum atomic E-state index is 3.71. The maximum absolute atomic E-state index is 3.71. The number of hydrogen-bond donors (Lipinski definition) is 1. The average molecular weight is 408 g/mol. The molecule has 0 saturated carbocycles. The molecule has 150 valence electrons. The highest BCUT2D eigenvalue weighted by molar-refractivity contribution is 5.96. The van der Waals surface area contributed by atoms with Crippen LogP contribution in [-0.4, -0.2) is 0 Å². The van der Waals surface area contributed by atoms with Gasteiger partial charge < -0.3 is 5.32 Å². The molecule has 32 heavy (non-hydrogen) atoms. The average Bonchev–Trinajstić information content (AvgIpc) is 3.16. The molecule has 5 aromatic rings. The van der Waals surface area contributed by atoms with Crippen LogP contribution in [0.4, 0.5) is 11.4 Å². The number of fused-ring (bicyclic) bond motifs is 9. The topological polar surface area (TPSA) is 12.0 Å². The largest absolute Gasteiger partial charge is 0.355 e. The number of rotatable bonds is 1. The normalized spacial score (nSPS) is 14.1. The fourth-order valence-electron chi connectivity index (χ4n) is 5.91. The summed E-state index contributed by atoms with van der Waals surface area (Å²) >= 11 is 0. The first-order valence-corrected chi connectivity index (χ1v) is 11.1. The molecule has 1 aliphatic carbocycles.